The Morgan fingerprint density at radius 2 is 1.80 bits per heavy atom. The van der Waals surface area contributed by atoms with Gasteiger partial charge in [0.15, 0.2) is 0 Å². The first-order chi connectivity index (χ1) is 14.5. The van der Waals surface area contributed by atoms with Crippen LogP contribution in [0, 0.1) is 12.8 Å². The molecule has 0 aliphatic carbocycles. The topological polar surface area (TPSA) is 76.1 Å². The van der Waals surface area contributed by atoms with Crippen LogP contribution in [-0.2, 0) is 22.7 Å². The second kappa shape index (κ2) is 8.49. The van der Waals surface area contributed by atoms with Crippen molar-refractivity contribution in [3.05, 3.63) is 72.1 Å². The van der Waals surface area contributed by atoms with E-state index < -0.39 is 5.92 Å². The maximum absolute atomic E-state index is 13.4. The molecule has 156 valence electrons. The molecule has 4 rings (SSSR count). The van der Waals surface area contributed by atoms with Crippen molar-refractivity contribution in [3.63, 3.8) is 0 Å². The van der Waals surface area contributed by atoms with E-state index in [0.717, 1.165) is 5.56 Å². The third kappa shape index (κ3) is 4.10. The molecule has 1 aromatic carbocycles. The van der Waals surface area contributed by atoms with Crippen LogP contribution in [0.1, 0.15) is 23.5 Å². The van der Waals surface area contributed by atoms with Crippen LogP contribution in [-0.4, -0.2) is 30.4 Å². The summed E-state index contributed by atoms with van der Waals surface area (Å²) in [4.78, 5) is 29.5. The van der Waals surface area contributed by atoms with E-state index in [1.54, 1.807) is 41.6 Å². The van der Waals surface area contributed by atoms with Crippen LogP contribution >= 0.6 is 0 Å². The van der Waals surface area contributed by atoms with Gasteiger partial charge in [-0.25, -0.2) is 0 Å². The zero-order valence-corrected chi connectivity index (χ0v) is 17.0. The van der Waals surface area contributed by atoms with Gasteiger partial charge in [0.25, 0.3) is 0 Å². The molecule has 0 unspecified atom stereocenters. The molecule has 0 spiro atoms. The van der Waals surface area contributed by atoms with Crippen molar-refractivity contribution in [2.75, 3.05) is 18.6 Å². The lowest BCUT2D eigenvalue weighted by molar-refractivity contribution is -0.137. The molecule has 2 amide bonds. The fourth-order valence-electron chi connectivity index (χ4n) is 3.77. The van der Waals surface area contributed by atoms with Gasteiger partial charge in [-0.05, 0) is 48.9 Å². The zero-order valence-electron chi connectivity index (χ0n) is 17.0. The van der Waals surface area contributed by atoms with Gasteiger partial charge in [0, 0.05) is 13.0 Å². The van der Waals surface area contributed by atoms with Crippen LogP contribution in [0.4, 0.5) is 5.69 Å². The second-order valence-corrected chi connectivity index (χ2v) is 7.43. The van der Waals surface area contributed by atoms with Gasteiger partial charge in [0.05, 0.1) is 44.3 Å². The molecule has 0 saturated carbocycles. The smallest absolute Gasteiger partial charge is 0.228 e. The van der Waals surface area contributed by atoms with Crippen molar-refractivity contribution >= 4 is 17.5 Å². The quantitative estimate of drug-likeness (QED) is 0.595. The minimum Gasteiger partial charge on any atom is -0.495 e. The maximum Gasteiger partial charge on any atom is 0.228 e. The number of rotatable bonds is 7. The summed E-state index contributed by atoms with van der Waals surface area (Å²) in [5.74, 6) is 1.32. The SMILES string of the molecule is COc1ccc(C)cc1N1C[C@@H](C(=O)N(Cc2ccco2)Cc2ccco2)CC1=O. The average Bonchev–Trinajstić information content (AvgIpc) is 3.49. The van der Waals surface area contributed by atoms with Crippen molar-refractivity contribution in [3.8, 4) is 5.75 Å². The van der Waals surface area contributed by atoms with E-state index in [0.29, 0.717) is 42.6 Å². The van der Waals surface area contributed by atoms with E-state index in [-0.39, 0.29) is 18.2 Å². The highest BCUT2D eigenvalue weighted by Crippen LogP contribution is 2.34. The molecule has 3 heterocycles. The van der Waals surface area contributed by atoms with Gasteiger partial charge in [-0.3, -0.25) is 9.59 Å². The molecule has 3 aromatic rings. The monoisotopic (exact) mass is 408 g/mol. The molecule has 1 aliphatic rings. The zero-order chi connectivity index (χ0) is 21.1. The Kier molecular flexibility index (Phi) is 5.61. The van der Waals surface area contributed by atoms with Gasteiger partial charge >= 0.3 is 0 Å². The van der Waals surface area contributed by atoms with Gasteiger partial charge in [0.2, 0.25) is 11.8 Å². The van der Waals surface area contributed by atoms with Gasteiger partial charge < -0.3 is 23.4 Å². The number of hydrogen-bond donors (Lipinski definition) is 0. The molecule has 0 N–H and O–H groups in total. The number of ether oxygens (including phenoxy) is 1. The summed E-state index contributed by atoms with van der Waals surface area (Å²) in [6.07, 6.45) is 3.31. The lowest BCUT2D eigenvalue weighted by atomic mass is 10.1. The van der Waals surface area contributed by atoms with Crippen molar-refractivity contribution in [2.24, 2.45) is 5.92 Å². The number of hydrogen-bond acceptors (Lipinski definition) is 5. The van der Waals surface area contributed by atoms with E-state index in [1.165, 1.54) is 0 Å². The number of aryl methyl sites for hydroxylation is 1. The Morgan fingerprint density at radius 1 is 1.13 bits per heavy atom. The summed E-state index contributed by atoms with van der Waals surface area (Å²) >= 11 is 0. The first-order valence-corrected chi connectivity index (χ1v) is 9.83. The Bertz CT molecular complexity index is 974. The summed E-state index contributed by atoms with van der Waals surface area (Å²) in [5, 5.41) is 0. The Labute approximate surface area is 174 Å². The molecule has 7 nitrogen and oxygen atoms in total. The molecule has 1 saturated heterocycles. The van der Waals surface area contributed by atoms with Crippen LogP contribution in [0.2, 0.25) is 0 Å². The number of nitrogens with zero attached hydrogens (tertiary/aromatic N) is 2. The van der Waals surface area contributed by atoms with Crippen molar-refractivity contribution in [2.45, 2.75) is 26.4 Å². The lowest BCUT2D eigenvalue weighted by Crippen LogP contribution is -2.36. The molecule has 30 heavy (non-hydrogen) atoms. The molecule has 0 bridgehead atoms. The van der Waals surface area contributed by atoms with E-state index in [1.807, 2.05) is 37.3 Å². The minimum atomic E-state index is -0.451. The molecule has 1 aliphatic heterocycles. The molecule has 2 aromatic heterocycles. The molecule has 1 fully saturated rings. The van der Waals surface area contributed by atoms with Crippen molar-refractivity contribution < 1.29 is 23.2 Å². The van der Waals surface area contributed by atoms with Gasteiger partial charge in [-0.1, -0.05) is 6.07 Å². The van der Waals surface area contributed by atoms with E-state index >= 15 is 0 Å². The highest BCUT2D eigenvalue weighted by atomic mass is 16.5. The van der Waals surface area contributed by atoms with Gasteiger partial charge in [0.1, 0.15) is 17.3 Å². The first-order valence-electron chi connectivity index (χ1n) is 9.83. The summed E-state index contributed by atoms with van der Waals surface area (Å²) in [6.45, 7) is 2.89. The van der Waals surface area contributed by atoms with Crippen molar-refractivity contribution in [1.82, 2.24) is 4.90 Å². The second-order valence-electron chi connectivity index (χ2n) is 7.43. The fourth-order valence-corrected chi connectivity index (χ4v) is 3.77. The molecular weight excluding hydrogens is 384 g/mol. The van der Waals surface area contributed by atoms with Crippen LogP contribution in [0.5, 0.6) is 5.75 Å². The van der Waals surface area contributed by atoms with Crippen molar-refractivity contribution in [1.29, 1.82) is 0 Å². The first kappa shape index (κ1) is 19.8. The average molecular weight is 408 g/mol. The predicted octanol–water partition coefficient (Wildman–Crippen LogP) is 3.77. The third-order valence-corrected chi connectivity index (χ3v) is 5.26. The number of carbonyl (C=O) groups is 2. The molecular formula is C23H24N2O5. The summed E-state index contributed by atoms with van der Waals surface area (Å²) in [6, 6.07) is 12.9. The summed E-state index contributed by atoms with van der Waals surface area (Å²) < 4.78 is 16.3. The fraction of sp³-hybridized carbons (Fsp3) is 0.304. The number of benzene rings is 1. The third-order valence-electron chi connectivity index (χ3n) is 5.26. The van der Waals surface area contributed by atoms with Crippen LogP contribution in [0.25, 0.3) is 0 Å². The van der Waals surface area contributed by atoms with E-state index in [4.69, 9.17) is 13.6 Å². The lowest BCUT2D eigenvalue weighted by Gasteiger charge is -2.24. The number of amides is 2. The molecule has 0 radical (unpaired) electrons. The maximum atomic E-state index is 13.4. The normalized spacial score (nSPS) is 16.1. The Morgan fingerprint density at radius 3 is 2.37 bits per heavy atom. The highest BCUT2D eigenvalue weighted by molar-refractivity contribution is 6.01. The predicted molar refractivity (Wildman–Crippen MR) is 110 cm³/mol. The number of methoxy groups -OCH3 is 1. The van der Waals surface area contributed by atoms with Crippen LogP contribution in [0.3, 0.4) is 0 Å². The largest absolute Gasteiger partial charge is 0.495 e. The number of carbonyl (C=O) groups excluding carboxylic acids is 2. The van der Waals surface area contributed by atoms with Gasteiger partial charge in [-0.15, -0.1) is 0 Å². The molecule has 1 atom stereocenters. The number of anilines is 1. The van der Waals surface area contributed by atoms with Gasteiger partial charge in [-0.2, -0.15) is 0 Å². The van der Waals surface area contributed by atoms with Crippen LogP contribution in [0.15, 0.2) is 63.8 Å². The Hall–Kier alpha value is -3.48. The summed E-state index contributed by atoms with van der Waals surface area (Å²) in [5.41, 5.74) is 1.71. The summed E-state index contributed by atoms with van der Waals surface area (Å²) in [7, 11) is 1.58. The number of furan rings is 2. The van der Waals surface area contributed by atoms with E-state index in [9.17, 15) is 9.59 Å². The van der Waals surface area contributed by atoms with E-state index in [2.05, 4.69) is 0 Å². The Balaban J connectivity index is 1.55. The standard InChI is InChI=1S/C23H24N2O5/c1-16-7-8-21(28-2)20(11-16)25-13-17(12-22(25)26)23(27)24(14-18-5-3-9-29-18)15-19-6-4-10-30-19/h3-11,17H,12-15H2,1-2H3/t17-/m0/s1. The highest BCUT2D eigenvalue weighted by Gasteiger charge is 2.38. The van der Waals surface area contributed by atoms with Crippen LogP contribution < -0.4 is 9.64 Å². The molecule has 7 heteroatoms. The minimum absolute atomic E-state index is 0.0896.